The standard InChI is InChI=1S/C8H13N3O/c1-6(2)8(9)10-5-7-3-4-12-11-7/h3-4,6H,5H2,1-2H3,(H2,9,10). The number of aliphatic imine (C=N–C) groups is 1. The lowest BCUT2D eigenvalue weighted by Crippen LogP contribution is -2.18. The number of nitrogens with zero attached hydrogens (tertiary/aromatic N) is 2. The molecule has 1 aromatic rings. The van der Waals surface area contributed by atoms with Crippen LogP contribution in [0.15, 0.2) is 21.8 Å². The monoisotopic (exact) mass is 167 g/mol. The first-order valence-corrected chi connectivity index (χ1v) is 3.89. The van der Waals surface area contributed by atoms with E-state index in [2.05, 4.69) is 14.7 Å². The maximum absolute atomic E-state index is 5.62. The van der Waals surface area contributed by atoms with Crippen LogP contribution in [0, 0.1) is 5.92 Å². The van der Waals surface area contributed by atoms with Gasteiger partial charge in [0.15, 0.2) is 0 Å². The van der Waals surface area contributed by atoms with E-state index in [4.69, 9.17) is 5.73 Å². The molecule has 4 heteroatoms. The van der Waals surface area contributed by atoms with Gasteiger partial charge in [-0.3, -0.25) is 4.99 Å². The lowest BCUT2D eigenvalue weighted by Gasteiger charge is -2.01. The van der Waals surface area contributed by atoms with Crippen molar-refractivity contribution in [2.24, 2.45) is 16.6 Å². The third kappa shape index (κ3) is 2.38. The van der Waals surface area contributed by atoms with E-state index in [0.717, 1.165) is 5.69 Å². The molecule has 12 heavy (non-hydrogen) atoms. The molecule has 2 N–H and O–H groups in total. The molecule has 1 rings (SSSR count). The lowest BCUT2D eigenvalue weighted by atomic mass is 10.2. The molecule has 0 aromatic carbocycles. The average Bonchev–Trinajstić information content (AvgIpc) is 2.51. The number of hydrogen-bond donors (Lipinski definition) is 1. The third-order valence-electron chi connectivity index (χ3n) is 1.51. The molecule has 0 amide bonds. The molecule has 0 saturated carbocycles. The van der Waals surface area contributed by atoms with Gasteiger partial charge in [-0.2, -0.15) is 0 Å². The SMILES string of the molecule is CC(C)C(N)=NCc1ccon1. The summed E-state index contributed by atoms with van der Waals surface area (Å²) in [6.07, 6.45) is 1.52. The maximum Gasteiger partial charge on any atom is 0.124 e. The van der Waals surface area contributed by atoms with Crippen LogP contribution >= 0.6 is 0 Å². The summed E-state index contributed by atoms with van der Waals surface area (Å²) in [5.74, 6) is 0.940. The van der Waals surface area contributed by atoms with Crippen molar-refractivity contribution in [3.63, 3.8) is 0 Å². The van der Waals surface area contributed by atoms with Crippen LogP contribution in [0.1, 0.15) is 19.5 Å². The molecule has 1 aromatic heterocycles. The Bertz CT molecular complexity index is 251. The highest BCUT2D eigenvalue weighted by Crippen LogP contribution is 1.98. The van der Waals surface area contributed by atoms with Gasteiger partial charge in [-0.15, -0.1) is 0 Å². The van der Waals surface area contributed by atoms with Crippen LogP contribution in [0.2, 0.25) is 0 Å². The van der Waals surface area contributed by atoms with Crippen molar-refractivity contribution in [3.05, 3.63) is 18.0 Å². The molecule has 0 aliphatic heterocycles. The minimum Gasteiger partial charge on any atom is -0.387 e. The molecule has 0 fully saturated rings. The molecule has 4 nitrogen and oxygen atoms in total. The fraction of sp³-hybridized carbons (Fsp3) is 0.500. The van der Waals surface area contributed by atoms with Crippen LogP contribution in [0.5, 0.6) is 0 Å². The number of nitrogens with two attached hydrogens (primary N) is 1. The van der Waals surface area contributed by atoms with Crippen LogP contribution in [0.4, 0.5) is 0 Å². The Hall–Kier alpha value is -1.32. The zero-order valence-corrected chi connectivity index (χ0v) is 7.32. The van der Waals surface area contributed by atoms with Crippen molar-refractivity contribution in [3.8, 4) is 0 Å². The Kier molecular flexibility index (Phi) is 2.85. The van der Waals surface area contributed by atoms with E-state index in [1.807, 2.05) is 13.8 Å². The summed E-state index contributed by atoms with van der Waals surface area (Å²) in [6, 6.07) is 1.77. The molecule has 0 radical (unpaired) electrons. The first-order valence-electron chi connectivity index (χ1n) is 3.89. The highest BCUT2D eigenvalue weighted by atomic mass is 16.5. The van der Waals surface area contributed by atoms with Crippen molar-refractivity contribution in [1.29, 1.82) is 0 Å². The van der Waals surface area contributed by atoms with Crippen LogP contribution < -0.4 is 5.73 Å². The highest BCUT2D eigenvalue weighted by Gasteiger charge is 1.99. The van der Waals surface area contributed by atoms with Crippen molar-refractivity contribution >= 4 is 5.84 Å². The van der Waals surface area contributed by atoms with Gasteiger partial charge in [0.25, 0.3) is 0 Å². The van der Waals surface area contributed by atoms with E-state index < -0.39 is 0 Å². The van der Waals surface area contributed by atoms with Crippen molar-refractivity contribution in [2.45, 2.75) is 20.4 Å². The lowest BCUT2D eigenvalue weighted by molar-refractivity contribution is 0.412. The Morgan fingerprint density at radius 3 is 3.00 bits per heavy atom. The van der Waals surface area contributed by atoms with Crippen molar-refractivity contribution in [1.82, 2.24) is 5.16 Å². The minimum atomic E-state index is 0.289. The zero-order chi connectivity index (χ0) is 8.97. The molecule has 66 valence electrons. The minimum absolute atomic E-state index is 0.289. The van der Waals surface area contributed by atoms with Gasteiger partial charge < -0.3 is 10.3 Å². The molecule has 1 heterocycles. The van der Waals surface area contributed by atoms with Gasteiger partial charge in [-0.1, -0.05) is 19.0 Å². The van der Waals surface area contributed by atoms with Crippen LogP contribution in [0.3, 0.4) is 0 Å². The maximum atomic E-state index is 5.62. The van der Waals surface area contributed by atoms with E-state index in [1.54, 1.807) is 6.07 Å². The van der Waals surface area contributed by atoms with Gasteiger partial charge >= 0.3 is 0 Å². The van der Waals surface area contributed by atoms with Crippen molar-refractivity contribution in [2.75, 3.05) is 0 Å². The molecule has 0 atom stereocenters. The van der Waals surface area contributed by atoms with E-state index in [1.165, 1.54) is 6.26 Å². The van der Waals surface area contributed by atoms with E-state index in [0.29, 0.717) is 12.4 Å². The molecule has 0 spiro atoms. The predicted octanol–water partition coefficient (Wildman–Crippen LogP) is 1.19. The zero-order valence-electron chi connectivity index (χ0n) is 7.32. The second kappa shape index (κ2) is 3.90. The summed E-state index contributed by atoms with van der Waals surface area (Å²) in [5, 5.41) is 3.71. The van der Waals surface area contributed by atoms with Gasteiger partial charge in [-0.25, -0.2) is 0 Å². The number of rotatable bonds is 3. The summed E-state index contributed by atoms with van der Waals surface area (Å²) in [7, 11) is 0. The van der Waals surface area contributed by atoms with E-state index in [9.17, 15) is 0 Å². The third-order valence-corrected chi connectivity index (χ3v) is 1.51. The Labute approximate surface area is 71.5 Å². The molecule has 0 aliphatic carbocycles. The summed E-state index contributed by atoms with van der Waals surface area (Å²) >= 11 is 0. The Morgan fingerprint density at radius 1 is 1.75 bits per heavy atom. The summed E-state index contributed by atoms with van der Waals surface area (Å²) < 4.78 is 4.65. The topological polar surface area (TPSA) is 64.4 Å². The van der Waals surface area contributed by atoms with E-state index >= 15 is 0 Å². The van der Waals surface area contributed by atoms with Crippen molar-refractivity contribution < 1.29 is 4.52 Å². The van der Waals surface area contributed by atoms with Gasteiger partial charge in [0.05, 0.1) is 12.4 Å². The fourth-order valence-electron chi connectivity index (χ4n) is 0.674. The number of hydrogen-bond acceptors (Lipinski definition) is 3. The second-order valence-corrected chi connectivity index (χ2v) is 2.89. The largest absolute Gasteiger partial charge is 0.387 e. The predicted molar refractivity (Wildman–Crippen MR) is 46.7 cm³/mol. The molecule has 0 aliphatic rings. The second-order valence-electron chi connectivity index (χ2n) is 2.89. The molecular formula is C8H13N3O. The quantitative estimate of drug-likeness (QED) is 0.543. The normalized spacial score (nSPS) is 12.4. The number of amidine groups is 1. The fourth-order valence-corrected chi connectivity index (χ4v) is 0.674. The van der Waals surface area contributed by atoms with E-state index in [-0.39, 0.29) is 5.92 Å². The van der Waals surface area contributed by atoms with Gasteiger partial charge in [-0.05, 0) is 0 Å². The summed E-state index contributed by atoms with van der Waals surface area (Å²) in [4.78, 5) is 4.14. The van der Waals surface area contributed by atoms with Crippen LogP contribution in [0.25, 0.3) is 0 Å². The Balaban J connectivity index is 2.49. The smallest absolute Gasteiger partial charge is 0.124 e. The summed E-state index contributed by atoms with van der Waals surface area (Å²) in [6.45, 7) is 4.50. The van der Waals surface area contributed by atoms with Crippen LogP contribution in [-0.4, -0.2) is 11.0 Å². The highest BCUT2D eigenvalue weighted by molar-refractivity contribution is 5.82. The Morgan fingerprint density at radius 2 is 2.50 bits per heavy atom. The van der Waals surface area contributed by atoms with Gasteiger partial charge in [0.1, 0.15) is 12.0 Å². The first kappa shape index (κ1) is 8.77. The summed E-state index contributed by atoms with van der Waals surface area (Å²) in [5.41, 5.74) is 6.43. The average molecular weight is 167 g/mol. The molecule has 0 saturated heterocycles. The van der Waals surface area contributed by atoms with Gasteiger partial charge in [0.2, 0.25) is 0 Å². The van der Waals surface area contributed by atoms with Crippen LogP contribution in [-0.2, 0) is 6.54 Å². The number of aromatic nitrogens is 1. The molecular weight excluding hydrogens is 154 g/mol. The molecule has 0 unspecified atom stereocenters. The van der Waals surface area contributed by atoms with Gasteiger partial charge in [0, 0.05) is 12.0 Å². The first-order chi connectivity index (χ1) is 5.70. The molecule has 0 bridgehead atoms.